The van der Waals surface area contributed by atoms with Gasteiger partial charge in [0.15, 0.2) is 0 Å². The van der Waals surface area contributed by atoms with Crippen LogP contribution in [-0.4, -0.2) is 16.2 Å². The molecule has 0 atom stereocenters. The molecule has 4 heteroatoms. The number of ether oxygens (including phenoxy) is 1. The summed E-state index contributed by atoms with van der Waals surface area (Å²) in [6.45, 7) is 3.59. The van der Waals surface area contributed by atoms with Crippen LogP contribution in [0.3, 0.4) is 0 Å². The van der Waals surface area contributed by atoms with Gasteiger partial charge in [0.25, 0.3) is 0 Å². The fraction of sp³-hybridized carbons (Fsp3) is 0.0741. The molecule has 0 aliphatic rings. The largest absolute Gasteiger partial charge is 0.508 e. The highest BCUT2D eigenvalue weighted by atomic mass is 16.5. The van der Waals surface area contributed by atoms with Crippen molar-refractivity contribution in [2.45, 2.75) is 13.8 Å². The number of carboxylic acid groups (broad SMARTS) is 1. The Bertz CT molecular complexity index is 1290. The van der Waals surface area contributed by atoms with E-state index in [9.17, 15) is 9.90 Å². The first kappa shape index (κ1) is 20.2. The highest BCUT2D eigenvalue weighted by molar-refractivity contribution is 5.97. The van der Waals surface area contributed by atoms with Crippen LogP contribution < -0.4 is 4.74 Å². The van der Waals surface area contributed by atoms with Crippen molar-refractivity contribution in [3.8, 4) is 28.4 Å². The molecular weight excluding hydrogens is 388 g/mol. The van der Waals surface area contributed by atoms with Gasteiger partial charge in [-0.2, -0.15) is 0 Å². The van der Waals surface area contributed by atoms with E-state index in [4.69, 9.17) is 9.84 Å². The van der Waals surface area contributed by atoms with Crippen LogP contribution in [-0.2, 0) is 4.79 Å². The van der Waals surface area contributed by atoms with Gasteiger partial charge in [-0.15, -0.1) is 0 Å². The molecule has 0 fully saturated rings. The van der Waals surface area contributed by atoms with E-state index < -0.39 is 5.97 Å². The molecule has 4 aromatic rings. The molecule has 4 rings (SSSR count). The molecule has 31 heavy (non-hydrogen) atoms. The zero-order valence-electron chi connectivity index (χ0n) is 17.3. The predicted octanol–water partition coefficient (Wildman–Crippen LogP) is 6.80. The van der Waals surface area contributed by atoms with Crippen LogP contribution in [0.2, 0.25) is 0 Å². The third-order valence-corrected chi connectivity index (χ3v) is 5.16. The van der Waals surface area contributed by atoms with Gasteiger partial charge in [0.1, 0.15) is 17.2 Å². The van der Waals surface area contributed by atoms with Gasteiger partial charge in [0.05, 0.1) is 0 Å². The number of aromatic hydroxyl groups is 1. The number of hydrogen-bond donors (Lipinski definition) is 2. The number of benzene rings is 4. The van der Waals surface area contributed by atoms with Gasteiger partial charge >= 0.3 is 5.97 Å². The van der Waals surface area contributed by atoms with Crippen molar-refractivity contribution in [1.82, 2.24) is 0 Å². The Morgan fingerprint density at radius 2 is 1.65 bits per heavy atom. The van der Waals surface area contributed by atoms with E-state index in [-0.39, 0.29) is 11.3 Å². The molecule has 0 unspecified atom stereocenters. The number of rotatable bonds is 5. The Hall–Kier alpha value is -4.05. The Balaban J connectivity index is 1.82. The molecule has 0 aliphatic heterocycles. The zero-order chi connectivity index (χ0) is 22.0. The highest BCUT2D eigenvalue weighted by Crippen LogP contribution is 2.42. The van der Waals surface area contributed by atoms with E-state index in [0.29, 0.717) is 11.5 Å². The minimum Gasteiger partial charge on any atom is -0.508 e. The molecule has 4 nitrogen and oxygen atoms in total. The van der Waals surface area contributed by atoms with E-state index in [1.165, 1.54) is 0 Å². The minimum atomic E-state index is -0.942. The lowest BCUT2D eigenvalue weighted by molar-refractivity contribution is -0.132. The summed E-state index contributed by atoms with van der Waals surface area (Å²) < 4.78 is 6.39. The molecule has 0 heterocycles. The second kappa shape index (κ2) is 8.36. The monoisotopic (exact) mass is 410 g/mol. The third-order valence-electron chi connectivity index (χ3n) is 5.16. The molecule has 0 bridgehead atoms. The van der Waals surface area contributed by atoms with Gasteiger partial charge in [-0.1, -0.05) is 48.5 Å². The lowest BCUT2D eigenvalue weighted by Gasteiger charge is -2.17. The zero-order valence-corrected chi connectivity index (χ0v) is 17.3. The second-order valence-corrected chi connectivity index (χ2v) is 7.47. The normalized spacial score (nSPS) is 11.5. The first-order chi connectivity index (χ1) is 14.9. The van der Waals surface area contributed by atoms with Crippen LogP contribution in [0.5, 0.6) is 17.2 Å². The lowest BCUT2D eigenvalue weighted by Crippen LogP contribution is -1.95. The number of carbonyl (C=O) groups is 1. The number of phenols is 1. The fourth-order valence-electron chi connectivity index (χ4n) is 3.63. The Kier molecular flexibility index (Phi) is 5.46. The van der Waals surface area contributed by atoms with Gasteiger partial charge in [-0.05, 0) is 72.3 Å². The topological polar surface area (TPSA) is 66.8 Å². The first-order valence-corrected chi connectivity index (χ1v) is 9.93. The van der Waals surface area contributed by atoms with E-state index in [1.54, 1.807) is 25.1 Å². The molecule has 2 N–H and O–H groups in total. The molecule has 4 aromatic carbocycles. The summed E-state index contributed by atoms with van der Waals surface area (Å²) in [6, 6.07) is 24.6. The molecule has 0 saturated carbocycles. The summed E-state index contributed by atoms with van der Waals surface area (Å²) in [4.78, 5) is 11.1. The summed E-state index contributed by atoms with van der Waals surface area (Å²) in [5.74, 6) is 0.617. The maximum atomic E-state index is 11.1. The van der Waals surface area contributed by atoms with E-state index in [1.807, 2.05) is 73.7 Å². The van der Waals surface area contributed by atoms with Crippen LogP contribution in [0.25, 0.3) is 28.0 Å². The molecule has 0 saturated heterocycles. The van der Waals surface area contributed by atoms with Crippen molar-refractivity contribution in [2.24, 2.45) is 0 Å². The smallest absolute Gasteiger partial charge is 0.331 e. The number of fused-ring (bicyclic) bond motifs is 1. The van der Waals surface area contributed by atoms with Crippen LogP contribution in [0.4, 0.5) is 0 Å². The first-order valence-electron chi connectivity index (χ1n) is 9.93. The number of carboxylic acids is 1. The highest BCUT2D eigenvalue weighted by Gasteiger charge is 2.16. The predicted molar refractivity (Wildman–Crippen MR) is 124 cm³/mol. The average molecular weight is 410 g/mol. The Morgan fingerprint density at radius 3 is 2.32 bits per heavy atom. The van der Waals surface area contributed by atoms with Crippen molar-refractivity contribution < 1.29 is 19.7 Å². The van der Waals surface area contributed by atoms with Gasteiger partial charge < -0.3 is 14.9 Å². The summed E-state index contributed by atoms with van der Waals surface area (Å²) in [6.07, 6.45) is 1.62. The number of aryl methyl sites for hydroxylation is 1. The van der Waals surface area contributed by atoms with Gasteiger partial charge in [0.2, 0.25) is 0 Å². The van der Waals surface area contributed by atoms with Crippen molar-refractivity contribution >= 4 is 22.8 Å². The quantitative estimate of drug-likeness (QED) is 0.355. The van der Waals surface area contributed by atoms with Gasteiger partial charge in [0, 0.05) is 16.5 Å². The number of aliphatic carboxylic acids is 1. The number of phenolic OH excluding ortho intramolecular Hbond substituents is 1. The van der Waals surface area contributed by atoms with Gasteiger partial charge in [-0.3, -0.25) is 0 Å². The molecule has 0 spiro atoms. The van der Waals surface area contributed by atoms with E-state index >= 15 is 0 Å². The molecule has 0 radical (unpaired) electrons. The average Bonchev–Trinajstić information content (AvgIpc) is 2.75. The lowest BCUT2D eigenvalue weighted by atomic mass is 9.94. The Labute approximate surface area is 180 Å². The van der Waals surface area contributed by atoms with Crippen molar-refractivity contribution in [2.75, 3.05) is 0 Å². The van der Waals surface area contributed by atoms with E-state index in [0.717, 1.165) is 33.0 Å². The molecule has 0 amide bonds. The van der Waals surface area contributed by atoms with Crippen LogP contribution >= 0.6 is 0 Å². The standard InChI is InChI=1S/C27H22O4/c1-17-15-21-16-22(28)10-13-24(21)26(25(17)20-6-4-3-5-7-20)31-23-11-8-19(9-12-23)14-18(2)27(29)30/h3-16,28H,1-2H3,(H,29,30). The fourth-order valence-corrected chi connectivity index (χ4v) is 3.63. The third kappa shape index (κ3) is 4.28. The van der Waals surface area contributed by atoms with Crippen LogP contribution in [0, 0.1) is 6.92 Å². The Morgan fingerprint density at radius 1 is 0.935 bits per heavy atom. The SMILES string of the molecule is CC(=Cc1ccc(Oc2c(-c3ccccc3)c(C)cc3cc(O)ccc23)cc1)C(=O)O. The molecule has 154 valence electrons. The maximum Gasteiger partial charge on any atom is 0.331 e. The summed E-state index contributed by atoms with van der Waals surface area (Å²) >= 11 is 0. The van der Waals surface area contributed by atoms with Crippen molar-refractivity contribution in [3.05, 3.63) is 95.6 Å². The van der Waals surface area contributed by atoms with Crippen LogP contribution in [0.1, 0.15) is 18.1 Å². The molecule has 0 aromatic heterocycles. The summed E-state index contributed by atoms with van der Waals surface area (Å²) in [5, 5.41) is 20.8. The summed E-state index contributed by atoms with van der Waals surface area (Å²) in [5.41, 5.74) is 4.13. The molecular formula is C27H22O4. The van der Waals surface area contributed by atoms with Gasteiger partial charge in [-0.25, -0.2) is 4.79 Å². The van der Waals surface area contributed by atoms with E-state index in [2.05, 4.69) is 0 Å². The maximum absolute atomic E-state index is 11.1. The van der Waals surface area contributed by atoms with Crippen molar-refractivity contribution in [3.63, 3.8) is 0 Å². The second-order valence-electron chi connectivity index (χ2n) is 7.47. The number of hydrogen-bond acceptors (Lipinski definition) is 3. The van der Waals surface area contributed by atoms with Crippen molar-refractivity contribution in [1.29, 1.82) is 0 Å². The van der Waals surface area contributed by atoms with Crippen LogP contribution in [0.15, 0.2) is 84.4 Å². The molecule has 0 aliphatic carbocycles. The summed E-state index contributed by atoms with van der Waals surface area (Å²) in [7, 11) is 0. The minimum absolute atomic E-state index is 0.204.